The molecule has 0 saturated carbocycles. The Hall–Kier alpha value is -3.04. The van der Waals surface area contributed by atoms with Crippen LogP contribution in [0.15, 0.2) is 60.7 Å². The normalized spacial score (nSPS) is 9.89. The van der Waals surface area contributed by atoms with Gasteiger partial charge in [0.2, 0.25) is 0 Å². The van der Waals surface area contributed by atoms with Gasteiger partial charge in [-0.15, -0.1) is 0 Å². The molecule has 0 aliphatic heterocycles. The Morgan fingerprint density at radius 1 is 0.886 bits per heavy atom. The Morgan fingerprint density at radius 2 is 1.43 bits per heavy atom. The minimum Gasteiger partial charge on any atom is -0.545 e. The van der Waals surface area contributed by atoms with Crippen molar-refractivity contribution in [3.8, 4) is 28.7 Å². The van der Waals surface area contributed by atoms with Crippen molar-refractivity contribution in [3.63, 3.8) is 0 Å². The van der Waals surface area contributed by atoms with Gasteiger partial charge >= 0.3 is 29.6 Å². The molecule has 3 N–H and O–H groups in total. The number of carbonyl (C=O) groups is 2. The number of carboxylic acids is 1. The molecule has 0 bridgehead atoms. The molecule has 0 aromatic heterocycles. The molecule has 3 rings (SSSR count). The maximum Gasteiger partial charge on any atom is 1.00 e. The summed E-state index contributed by atoms with van der Waals surface area (Å²) in [4.78, 5) is 22.4. The first-order valence-electron chi connectivity index (χ1n) is 10.6. The van der Waals surface area contributed by atoms with Crippen molar-refractivity contribution in [2.24, 2.45) is 0 Å². The molecule has 0 spiro atoms. The second-order valence-corrected chi connectivity index (χ2v) is 7.32. The van der Waals surface area contributed by atoms with Crippen molar-refractivity contribution in [2.75, 3.05) is 13.2 Å². The van der Waals surface area contributed by atoms with Crippen LogP contribution < -0.4 is 48.9 Å². The fraction of sp³-hybridized carbons (Fsp3) is 0.231. The molecule has 0 amide bonds. The van der Waals surface area contributed by atoms with Crippen molar-refractivity contribution in [3.05, 3.63) is 77.4 Å². The number of hydrogen-bond acceptors (Lipinski definition) is 7. The number of hydrogen-bond donors (Lipinski definition) is 1. The third-order valence-corrected chi connectivity index (χ3v) is 4.90. The van der Waals surface area contributed by atoms with Crippen molar-refractivity contribution >= 4 is 11.8 Å². The van der Waals surface area contributed by atoms with E-state index in [0.717, 1.165) is 5.56 Å². The number of Topliss-reactive ketones (excluding diaryl/α,β-unsaturated/α-hetero) is 1. The van der Waals surface area contributed by atoms with E-state index in [9.17, 15) is 19.8 Å². The minimum atomic E-state index is -1.23. The number of carboxylic acid groups (broad SMARTS) is 1. The van der Waals surface area contributed by atoms with Gasteiger partial charge in [-0.1, -0.05) is 6.92 Å². The van der Waals surface area contributed by atoms with E-state index in [1.165, 1.54) is 25.1 Å². The van der Waals surface area contributed by atoms with Gasteiger partial charge < -0.3 is 34.7 Å². The molecule has 3 aromatic carbocycles. The van der Waals surface area contributed by atoms with Gasteiger partial charge in [0.05, 0.1) is 24.7 Å². The molecule has 9 heteroatoms. The molecule has 8 nitrogen and oxygen atoms in total. The van der Waals surface area contributed by atoms with E-state index in [2.05, 4.69) is 0 Å². The summed E-state index contributed by atoms with van der Waals surface area (Å²) in [6, 6.07) is 16.2. The Balaban J connectivity index is 0.00000306. The molecule has 3 aromatic rings. The number of aryl methyl sites for hydroxylation is 1. The monoisotopic (exact) mass is 490 g/mol. The molecule has 180 valence electrons. The van der Waals surface area contributed by atoms with E-state index in [1.54, 1.807) is 42.5 Å². The summed E-state index contributed by atoms with van der Waals surface area (Å²) in [5.74, 6) is 0.840. The summed E-state index contributed by atoms with van der Waals surface area (Å²) >= 11 is 0. The molecule has 0 radical (unpaired) electrons. The maximum atomic E-state index is 11.6. The van der Waals surface area contributed by atoms with Crippen LogP contribution in [0.5, 0.6) is 28.7 Å². The Kier molecular flexibility index (Phi) is 12.3. The van der Waals surface area contributed by atoms with E-state index in [1.807, 2.05) is 6.92 Å². The predicted molar refractivity (Wildman–Crippen MR) is 124 cm³/mol. The first kappa shape index (κ1) is 30.0. The van der Waals surface area contributed by atoms with Crippen molar-refractivity contribution in [1.29, 1.82) is 0 Å². The van der Waals surface area contributed by atoms with Crippen molar-refractivity contribution < 1.29 is 69.0 Å². The van der Waals surface area contributed by atoms with Crippen LogP contribution in [0.3, 0.4) is 0 Å². The maximum absolute atomic E-state index is 11.6. The quantitative estimate of drug-likeness (QED) is 0.233. The average Bonchev–Trinajstić information content (AvgIpc) is 2.80. The smallest absolute Gasteiger partial charge is 0.545 e. The number of rotatable bonds is 11. The van der Waals surface area contributed by atoms with Crippen molar-refractivity contribution in [2.45, 2.75) is 26.7 Å². The zero-order valence-electron chi connectivity index (χ0n) is 20.0. The van der Waals surface area contributed by atoms with Gasteiger partial charge in [0.1, 0.15) is 28.7 Å². The SMILES string of the molecule is CCc1cc(C(C)=O)c(O)cc1OCCCOc1ccc(Oc2ccc(C(=O)[O-])cc2)cc1.O.[Na+]. The van der Waals surface area contributed by atoms with E-state index in [4.69, 9.17) is 14.2 Å². The number of ether oxygens (including phenoxy) is 3. The number of benzene rings is 3. The summed E-state index contributed by atoms with van der Waals surface area (Å²) in [5.41, 5.74) is 1.25. The molecule has 0 aliphatic rings. The number of carbonyl (C=O) groups excluding carboxylic acids is 2. The molecule has 0 saturated heterocycles. The van der Waals surface area contributed by atoms with Gasteiger partial charge in [0.25, 0.3) is 0 Å². The van der Waals surface area contributed by atoms with Gasteiger partial charge in [-0.2, -0.15) is 0 Å². The van der Waals surface area contributed by atoms with Crippen LogP contribution >= 0.6 is 0 Å². The summed E-state index contributed by atoms with van der Waals surface area (Å²) in [5, 5.41) is 20.8. The second-order valence-electron chi connectivity index (χ2n) is 7.32. The number of phenols is 1. The van der Waals surface area contributed by atoms with Crippen LogP contribution in [0.25, 0.3) is 0 Å². The Morgan fingerprint density at radius 3 is 1.97 bits per heavy atom. The van der Waals surface area contributed by atoms with Gasteiger partial charge in [0, 0.05) is 12.5 Å². The fourth-order valence-corrected chi connectivity index (χ4v) is 3.14. The third kappa shape index (κ3) is 8.60. The fourth-order valence-electron chi connectivity index (χ4n) is 3.14. The molecular weight excluding hydrogens is 463 g/mol. The number of phenolic OH excluding ortho intramolecular Hbond substituents is 1. The zero-order valence-corrected chi connectivity index (χ0v) is 22.0. The summed E-state index contributed by atoms with van der Waals surface area (Å²) < 4.78 is 17.2. The average molecular weight is 490 g/mol. The second kappa shape index (κ2) is 14.4. The van der Waals surface area contributed by atoms with Gasteiger partial charge in [-0.3, -0.25) is 4.79 Å². The van der Waals surface area contributed by atoms with Crippen LogP contribution in [0.4, 0.5) is 0 Å². The van der Waals surface area contributed by atoms with E-state index < -0.39 is 5.97 Å². The predicted octanol–water partition coefficient (Wildman–Crippen LogP) is 0.340. The summed E-state index contributed by atoms with van der Waals surface area (Å²) in [7, 11) is 0. The number of aromatic carboxylic acids is 1. The molecule has 0 fully saturated rings. The minimum absolute atomic E-state index is 0. The molecule has 0 atom stereocenters. The Bertz CT molecular complexity index is 1110. The molecule has 0 heterocycles. The van der Waals surface area contributed by atoms with Gasteiger partial charge in [-0.05, 0) is 79.1 Å². The van der Waals surface area contributed by atoms with Crippen LogP contribution in [0.1, 0.15) is 46.5 Å². The molecule has 35 heavy (non-hydrogen) atoms. The van der Waals surface area contributed by atoms with Gasteiger partial charge in [-0.25, -0.2) is 0 Å². The van der Waals surface area contributed by atoms with Crippen LogP contribution in [-0.2, 0) is 6.42 Å². The largest absolute Gasteiger partial charge is 1.00 e. The zero-order chi connectivity index (χ0) is 23.8. The van der Waals surface area contributed by atoms with Gasteiger partial charge in [0.15, 0.2) is 5.78 Å². The van der Waals surface area contributed by atoms with E-state index >= 15 is 0 Å². The van der Waals surface area contributed by atoms with Crippen LogP contribution in [0, 0.1) is 0 Å². The summed E-state index contributed by atoms with van der Waals surface area (Å²) in [6.07, 6.45) is 1.31. The van der Waals surface area contributed by atoms with Crippen LogP contribution in [-0.4, -0.2) is 35.5 Å². The molecule has 0 aliphatic carbocycles. The number of ketones is 1. The number of aromatic hydroxyl groups is 1. The first-order valence-corrected chi connectivity index (χ1v) is 10.6. The van der Waals surface area contributed by atoms with Crippen LogP contribution in [0.2, 0.25) is 0 Å². The van der Waals surface area contributed by atoms with E-state index in [-0.39, 0.29) is 52.1 Å². The molecular formula is C26H27NaO8. The van der Waals surface area contributed by atoms with E-state index in [0.29, 0.717) is 54.6 Å². The third-order valence-electron chi connectivity index (χ3n) is 4.90. The standard InChI is InChI=1S/C26H26O7.Na.H2O/c1-3-18-15-23(17(2)27)24(28)16-25(18)32-14-4-13-31-20-9-11-22(12-10-20)33-21-7-5-19(6-8-21)26(29)30;;/h5-12,15-16,28H,3-4,13-14H2,1-2H3,(H,29,30);;1H2/q;+1;/p-1. The first-order chi connectivity index (χ1) is 15.9. The topological polar surface area (TPSA) is 137 Å². The Labute approximate surface area is 226 Å². The summed E-state index contributed by atoms with van der Waals surface area (Å²) in [6.45, 7) is 4.21. The molecule has 0 unspecified atom stereocenters. The van der Waals surface area contributed by atoms with Crippen molar-refractivity contribution in [1.82, 2.24) is 0 Å².